The minimum absolute atomic E-state index is 0. The summed E-state index contributed by atoms with van der Waals surface area (Å²) in [6.07, 6.45) is 2.56. The summed E-state index contributed by atoms with van der Waals surface area (Å²) in [5, 5.41) is 2.98. The number of benzene rings is 1. The highest BCUT2D eigenvalue weighted by Crippen LogP contribution is 2.50. The second-order valence-electron chi connectivity index (χ2n) is 7.07. The fraction of sp³-hybridized carbons (Fsp3) is 0.611. The lowest BCUT2D eigenvalue weighted by atomic mass is 9.54. The molecule has 2 unspecified atom stereocenters. The van der Waals surface area contributed by atoms with Gasteiger partial charge in [-0.1, -0.05) is 13.8 Å². The maximum absolute atomic E-state index is 12.7. The number of hydrogen-bond donors (Lipinski definition) is 2. The smallest absolute Gasteiger partial charge is 0.245 e. The van der Waals surface area contributed by atoms with Crippen molar-refractivity contribution in [2.45, 2.75) is 51.7 Å². The molecule has 0 radical (unpaired) electrons. The lowest BCUT2D eigenvalue weighted by molar-refractivity contribution is -0.166. The highest BCUT2D eigenvalue weighted by molar-refractivity contribution is 5.99. The van der Waals surface area contributed by atoms with Crippen LogP contribution in [-0.4, -0.2) is 30.8 Å². The number of fused-ring (bicyclic) bond motifs is 1. The van der Waals surface area contributed by atoms with Crippen molar-refractivity contribution in [2.24, 2.45) is 11.1 Å². The first-order chi connectivity index (χ1) is 10.9. The maximum atomic E-state index is 12.7. The Balaban J connectivity index is 0.00000208. The van der Waals surface area contributed by atoms with Crippen LogP contribution >= 0.6 is 12.4 Å². The van der Waals surface area contributed by atoms with Gasteiger partial charge in [-0.2, -0.15) is 0 Å². The number of aryl methyl sites for hydroxylation is 1. The molecule has 1 saturated carbocycles. The molecular formula is C18H27ClN2O3. The highest BCUT2D eigenvalue weighted by atomic mass is 35.5. The first-order valence-electron chi connectivity index (χ1n) is 8.36. The zero-order valence-corrected chi connectivity index (χ0v) is 15.4. The van der Waals surface area contributed by atoms with E-state index in [1.165, 1.54) is 0 Å². The number of amides is 1. The van der Waals surface area contributed by atoms with Crippen LogP contribution in [0.1, 0.15) is 39.2 Å². The molecule has 24 heavy (non-hydrogen) atoms. The summed E-state index contributed by atoms with van der Waals surface area (Å²) in [5.74, 6) is 0.771. The molecule has 0 saturated heterocycles. The third-order valence-corrected chi connectivity index (χ3v) is 5.40. The van der Waals surface area contributed by atoms with Crippen LogP contribution in [0.4, 0.5) is 5.69 Å². The Hall–Kier alpha value is -1.30. The Labute approximate surface area is 149 Å². The molecule has 2 aliphatic rings. The van der Waals surface area contributed by atoms with Gasteiger partial charge in [-0.25, -0.2) is 0 Å². The molecule has 2 atom stereocenters. The zero-order chi connectivity index (χ0) is 16.7. The van der Waals surface area contributed by atoms with E-state index in [-0.39, 0.29) is 29.8 Å². The number of rotatable bonds is 4. The summed E-state index contributed by atoms with van der Waals surface area (Å²) < 4.78 is 11.3. The van der Waals surface area contributed by atoms with Gasteiger partial charge in [-0.3, -0.25) is 4.79 Å². The first-order valence-corrected chi connectivity index (χ1v) is 8.36. The molecule has 0 aromatic heterocycles. The zero-order valence-electron chi connectivity index (χ0n) is 14.6. The average Bonchev–Trinajstić information content (AvgIpc) is 2.54. The van der Waals surface area contributed by atoms with Crippen LogP contribution in [0.25, 0.3) is 0 Å². The molecule has 5 nitrogen and oxygen atoms in total. The quantitative estimate of drug-likeness (QED) is 0.871. The number of hydrogen-bond acceptors (Lipinski definition) is 4. The van der Waals surface area contributed by atoms with Gasteiger partial charge in [0, 0.05) is 24.1 Å². The van der Waals surface area contributed by atoms with Crippen LogP contribution < -0.4 is 15.8 Å². The van der Waals surface area contributed by atoms with Gasteiger partial charge < -0.3 is 20.5 Å². The van der Waals surface area contributed by atoms with Crippen LogP contribution in [0.3, 0.4) is 0 Å². The third-order valence-electron chi connectivity index (χ3n) is 5.40. The minimum Gasteiger partial charge on any atom is -0.493 e. The van der Waals surface area contributed by atoms with Crippen LogP contribution in [0.2, 0.25) is 0 Å². The molecule has 1 aromatic carbocycles. The van der Waals surface area contributed by atoms with Crippen molar-refractivity contribution in [1.29, 1.82) is 0 Å². The monoisotopic (exact) mass is 354 g/mol. The lowest BCUT2D eigenvalue weighted by Gasteiger charge is -2.57. The van der Waals surface area contributed by atoms with Crippen LogP contribution in [0, 0.1) is 5.41 Å². The fourth-order valence-corrected chi connectivity index (χ4v) is 3.50. The second-order valence-corrected chi connectivity index (χ2v) is 7.07. The molecule has 1 aliphatic heterocycles. The van der Waals surface area contributed by atoms with Gasteiger partial charge in [0.05, 0.1) is 12.7 Å². The molecule has 1 heterocycles. The number of ether oxygens (including phenoxy) is 2. The second kappa shape index (κ2) is 6.90. The van der Waals surface area contributed by atoms with E-state index >= 15 is 0 Å². The van der Waals surface area contributed by atoms with Crippen LogP contribution in [0.15, 0.2) is 18.2 Å². The van der Waals surface area contributed by atoms with Crippen molar-refractivity contribution < 1.29 is 14.3 Å². The number of nitrogens with one attached hydrogen (secondary N) is 1. The number of nitrogens with two attached hydrogens (primary N) is 1. The van der Waals surface area contributed by atoms with E-state index in [1.54, 1.807) is 0 Å². The van der Waals surface area contributed by atoms with Gasteiger partial charge >= 0.3 is 0 Å². The predicted molar refractivity (Wildman–Crippen MR) is 96.9 cm³/mol. The Morgan fingerprint density at radius 1 is 1.46 bits per heavy atom. The fourth-order valence-electron chi connectivity index (χ4n) is 3.50. The molecule has 0 spiro atoms. The van der Waals surface area contributed by atoms with Gasteiger partial charge in [0.15, 0.2) is 0 Å². The Morgan fingerprint density at radius 2 is 2.21 bits per heavy atom. The van der Waals surface area contributed by atoms with Crippen molar-refractivity contribution in [1.82, 2.24) is 0 Å². The number of halogens is 1. The molecular weight excluding hydrogens is 328 g/mol. The maximum Gasteiger partial charge on any atom is 0.245 e. The van der Waals surface area contributed by atoms with Gasteiger partial charge in [-0.15, -0.1) is 12.4 Å². The van der Waals surface area contributed by atoms with E-state index in [0.29, 0.717) is 13.0 Å². The summed E-state index contributed by atoms with van der Waals surface area (Å²) in [4.78, 5) is 12.7. The molecule has 1 aliphatic carbocycles. The molecule has 134 valence electrons. The number of anilines is 1. The first kappa shape index (κ1) is 19.0. The van der Waals surface area contributed by atoms with Crippen molar-refractivity contribution in [2.75, 3.05) is 18.5 Å². The van der Waals surface area contributed by atoms with E-state index < -0.39 is 5.54 Å². The van der Waals surface area contributed by atoms with E-state index in [1.807, 2.05) is 39.0 Å². The Bertz CT molecular complexity index is 620. The SMILES string of the molecule is CCOC1CC(N)(C(=O)Nc2ccc3c(c2)CCCO3)C1(C)C.Cl. The molecule has 1 aromatic rings. The Kier molecular flexibility index (Phi) is 5.47. The Morgan fingerprint density at radius 3 is 2.88 bits per heavy atom. The summed E-state index contributed by atoms with van der Waals surface area (Å²) in [5.41, 5.74) is 7.04. The van der Waals surface area contributed by atoms with Crippen molar-refractivity contribution >= 4 is 24.0 Å². The van der Waals surface area contributed by atoms with E-state index in [9.17, 15) is 4.79 Å². The van der Waals surface area contributed by atoms with E-state index in [0.717, 1.165) is 36.4 Å². The van der Waals surface area contributed by atoms with Gasteiger partial charge in [-0.05, 0) is 43.5 Å². The van der Waals surface area contributed by atoms with E-state index in [4.69, 9.17) is 15.2 Å². The average molecular weight is 355 g/mol. The van der Waals surface area contributed by atoms with Crippen molar-refractivity contribution in [3.05, 3.63) is 23.8 Å². The van der Waals surface area contributed by atoms with Crippen LogP contribution in [0.5, 0.6) is 5.75 Å². The summed E-state index contributed by atoms with van der Waals surface area (Å²) in [6.45, 7) is 7.35. The summed E-state index contributed by atoms with van der Waals surface area (Å²) in [7, 11) is 0. The highest BCUT2D eigenvalue weighted by Gasteiger charge is 2.62. The molecule has 1 fully saturated rings. The van der Waals surface area contributed by atoms with Crippen molar-refractivity contribution in [3.8, 4) is 5.75 Å². The van der Waals surface area contributed by atoms with Crippen LogP contribution in [-0.2, 0) is 16.0 Å². The van der Waals surface area contributed by atoms with Crippen molar-refractivity contribution in [3.63, 3.8) is 0 Å². The van der Waals surface area contributed by atoms with Gasteiger partial charge in [0.2, 0.25) is 5.91 Å². The molecule has 3 N–H and O–H groups in total. The van der Waals surface area contributed by atoms with Gasteiger partial charge in [0.25, 0.3) is 0 Å². The summed E-state index contributed by atoms with van der Waals surface area (Å²) >= 11 is 0. The largest absolute Gasteiger partial charge is 0.493 e. The molecule has 1 amide bonds. The van der Waals surface area contributed by atoms with E-state index in [2.05, 4.69) is 5.32 Å². The topological polar surface area (TPSA) is 73.6 Å². The third kappa shape index (κ3) is 3.01. The predicted octanol–water partition coefficient (Wildman–Crippen LogP) is 2.90. The summed E-state index contributed by atoms with van der Waals surface area (Å²) in [6, 6.07) is 5.78. The standard InChI is InChI=1S/C18H26N2O3.ClH/c1-4-22-15-11-18(19,17(15,2)3)16(21)20-13-7-8-14-12(10-13)6-5-9-23-14;/h7-8,10,15H,4-6,9,11,19H2,1-3H3,(H,20,21);1H. The lowest BCUT2D eigenvalue weighted by Crippen LogP contribution is -2.74. The number of carbonyl (C=O) groups excluding carboxylic acids is 1. The molecule has 0 bridgehead atoms. The normalized spacial score (nSPS) is 27.1. The number of carbonyl (C=O) groups is 1. The molecule has 3 rings (SSSR count). The minimum atomic E-state index is -0.904. The van der Waals surface area contributed by atoms with Gasteiger partial charge in [0.1, 0.15) is 11.3 Å². The molecule has 6 heteroatoms.